The van der Waals surface area contributed by atoms with Gasteiger partial charge >= 0.3 is 0 Å². The fraction of sp³-hybridized carbons (Fsp3) is 0.500. The van der Waals surface area contributed by atoms with E-state index in [1.807, 2.05) is 12.3 Å². The molecule has 4 nitrogen and oxygen atoms in total. The molecule has 0 fully saturated rings. The van der Waals surface area contributed by atoms with E-state index in [9.17, 15) is 4.79 Å². The van der Waals surface area contributed by atoms with E-state index in [0.717, 1.165) is 4.88 Å². The predicted octanol–water partition coefficient (Wildman–Crippen LogP) is 1.59. The number of aliphatic hydroxyl groups excluding tert-OH is 1. The number of nitrogens with zero attached hydrogens (tertiary/aromatic N) is 1. The molecule has 0 aliphatic rings. The first-order valence-corrected chi connectivity index (χ1v) is 7.07. The lowest BCUT2D eigenvalue weighted by Crippen LogP contribution is -2.33. The van der Waals surface area contributed by atoms with E-state index >= 15 is 0 Å². The molecule has 1 aromatic rings. The fourth-order valence-electron chi connectivity index (χ4n) is 1.51. The van der Waals surface area contributed by atoms with Crippen LogP contribution in [0, 0.1) is 11.8 Å². The molecule has 0 radical (unpaired) electrons. The zero-order chi connectivity index (χ0) is 14.1. The number of amides is 1. The van der Waals surface area contributed by atoms with Crippen molar-refractivity contribution in [2.45, 2.75) is 13.3 Å². The van der Waals surface area contributed by atoms with Gasteiger partial charge in [0.25, 0.3) is 5.91 Å². The van der Waals surface area contributed by atoms with Crippen molar-refractivity contribution in [1.82, 2.24) is 4.90 Å². The molecule has 0 atom stereocenters. The maximum Gasteiger partial charge on any atom is 0.254 e. The SMILES string of the molecule is CCN(CCOC)C(=O)c1csc(C#CCCO)c1. The smallest absolute Gasteiger partial charge is 0.254 e. The van der Waals surface area contributed by atoms with Crippen molar-refractivity contribution < 1.29 is 14.6 Å². The molecule has 19 heavy (non-hydrogen) atoms. The second kappa shape index (κ2) is 8.70. The summed E-state index contributed by atoms with van der Waals surface area (Å²) in [6.07, 6.45) is 0.454. The van der Waals surface area contributed by atoms with Crippen molar-refractivity contribution in [3.8, 4) is 11.8 Å². The number of carbonyl (C=O) groups is 1. The molecule has 0 saturated heterocycles. The van der Waals surface area contributed by atoms with Crippen LogP contribution >= 0.6 is 11.3 Å². The molecule has 5 heteroatoms. The first kappa shape index (κ1) is 15.7. The average molecular weight is 281 g/mol. The van der Waals surface area contributed by atoms with Crippen molar-refractivity contribution in [2.24, 2.45) is 0 Å². The van der Waals surface area contributed by atoms with Crippen LogP contribution in [0.25, 0.3) is 0 Å². The Kier molecular flexibility index (Phi) is 7.19. The van der Waals surface area contributed by atoms with Crippen LogP contribution in [-0.4, -0.2) is 49.3 Å². The number of carbonyl (C=O) groups excluding carboxylic acids is 1. The van der Waals surface area contributed by atoms with Gasteiger partial charge in [-0.3, -0.25) is 4.79 Å². The number of hydrogen-bond acceptors (Lipinski definition) is 4. The summed E-state index contributed by atoms with van der Waals surface area (Å²) in [7, 11) is 1.62. The van der Waals surface area contributed by atoms with E-state index in [0.29, 0.717) is 31.7 Å². The molecule has 1 rings (SSSR count). The number of aliphatic hydroxyl groups is 1. The van der Waals surface area contributed by atoms with Crippen LogP contribution in [0.1, 0.15) is 28.6 Å². The summed E-state index contributed by atoms with van der Waals surface area (Å²) < 4.78 is 4.99. The number of hydrogen-bond donors (Lipinski definition) is 1. The lowest BCUT2D eigenvalue weighted by Gasteiger charge is -2.19. The number of likely N-dealkylation sites (N-methyl/N-ethyl adjacent to an activating group) is 1. The topological polar surface area (TPSA) is 49.8 Å². The summed E-state index contributed by atoms with van der Waals surface area (Å²) in [6, 6.07) is 1.80. The van der Waals surface area contributed by atoms with Gasteiger partial charge in [0.2, 0.25) is 0 Å². The Balaban J connectivity index is 2.69. The second-order valence-corrected chi connectivity index (χ2v) is 4.76. The van der Waals surface area contributed by atoms with Gasteiger partial charge in [-0.15, -0.1) is 11.3 Å². The molecule has 0 bridgehead atoms. The maximum absolute atomic E-state index is 12.2. The first-order chi connectivity index (χ1) is 9.22. The molecule has 1 amide bonds. The van der Waals surface area contributed by atoms with Crippen molar-refractivity contribution in [3.05, 3.63) is 21.9 Å². The van der Waals surface area contributed by atoms with Crippen LogP contribution in [0.15, 0.2) is 11.4 Å². The standard InChI is InChI=1S/C14H19NO3S/c1-3-15(7-9-18-2)14(17)12-10-13(19-11-12)6-4-5-8-16/h10-11,16H,3,5,7-9H2,1-2H3. The van der Waals surface area contributed by atoms with E-state index in [1.165, 1.54) is 11.3 Å². The monoisotopic (exact) mass is 281 g/mol. The van der Waals surface area contributed by atoms with E-state index in [4.69, 9.17) is 9.84 Å². The Morgan fingerprint density at radius 2 is 2.37 bits per heavy atom. The summed E-state index contributed by atoms with van der Waals surface area (Å²) >= 11 is 1.45. The molecule has 104 valence electrons. The zero-order valence-corrected chi connectivity index (χ0v) is 12.1. The normalized spacial score (nSPS) is 9.84. The Morgan fingerprint density at radius 1 is 1.58 bits per heavy atom. The van der Waals surface area contributed by atoms with Gasteiger partial charge in [0.15, 0.2) is 0 Å². The molecule has 0 unspecified atom stereocenters. The van der Waals surface area contributed by atoms with Gasteiger partial charge in [0.1, 0.15) is 0 Å². The lowest BCUT2D eigenvalue weighted by atomic mass is 10.2. The molecule has 0 aliphatic heterocycles. The molecule has 0 spiro atoms. The van der Waals surface area contributed by atoms with Gasteiger partial charge in [0, 0.05) is 32.0 Å². The quantitative estimate of drug-likeness (QED) is 0.806. The minimum Gasteiger partial charge on any atom is -0.395 e. The number of rotatable bonds is 6. The third-order valence-corrected chi connectivity index (χ3v) is 3.37. The Morgan fingerprint density at radius 3 is 3.00 bits per heavy atom. The Bertz CT molecular complexity index is 459. The van der Waals surface area contributed by atoms with Crippen molar-refractivity contribution in [2.75, 3.05) is 33.4 Å². The Labute approximate surface area is 118 Å². The highest BCUT2D eigenvalue weighted by Crippen LogP contribution is 2.15. The molecule has 1 N–H and O–H groups in total. The van der Waals surface area contributed by atoms with Crippen molar-refractivity contribution in [1.29, 1.82) is 0 Å². The van der Waals surface area contributed by atoms with Gasteiger partial charge in [-0.25, -0.2) is 0 Å². The van der Waals surface area contributed by atoms with Crippen LogP contribution in [0.5, 0.6) is 0 Å². The zero-order valence-electron chi connectivity index (χ0n) is 11.3. The molecule has 1 aromatic heterocycles. The number of ether oxygens (including phenoxy) is 1. The number of methoxy groups -OCH3 is 1. The number of thiophene rings is 1. The molecule has 0 aliphatic carbocycles. The van der Waals surface area contributed by atoms with Crippen LogP contribution in [0.3, 0.4) is 0 Å². The highest BCUT2D eigenvalue weighted by Gasteiger charge is 2.15. The third-order valence-electron chi connectivity index (χ3n) is 2.53. The minimum absolute atomic E-state index is 0.00556. The van der Waals surface area contributed by atoms with Crippen LogP contribution in [0.2, 0.25) is 0 Å². The van der Waals surface area contributed by atoms with Crippen LogP contribution in [0.4, 0.5) is 0 Å². The summed E-state index contributed by atoms with van der Waals surface area (Å²) in [5.41, 5.74) is 0.663. The molecule has 0 saturated carbocycles. The van der Waals surface area contributed by atoms with Crippen LogP contribution < -0.4 is 0 Å². The van der Waals surface area contributed by atoms with E-state index < -0.39 is 0 Å². The maximum atomic E-state index is 12.2. The highest BCUT2D eigenvalue weighted by atomic mass is 32.1. The van der Waals surface area contributed by atoms with E-state index in [1.54, 1.807) is 18.1 Å². The van der Waals surface area contributed by atoms with Gasteiger partial charge < -0.3 is 14.7 Å². The van der Waals surface area contributed by atoms with Crippen molar-refractivity contribution >= 4 is 17.2 Å². The lowest BCUT2D eigenvalue weighted by molar-refractivity contribution is 0.0707. The van der Waals surface area contributed by atoms with Crippen molar-refractivity contribution in [3.63, 3.8) is 0 Å². The molecule has 1 heterocycles. The summed E-state index contributed by atoms with van der Waals surface area (Å²) in [6.45, 7) is 3.79. The average Bonchev–Trinajstić information content (AvgIpc) is 2.88. The summed E-state index contributed by atoms with van der Waals surface area (Å²) in [5.74, 6) is 5.79. The van der Waals surface area contributed by atoms with E-state index in [-0.39, 0.29) is 12.5 Å². The van der Waals surface area contributed by atoms with Crippen LogP contribution in [-0.2, 0) is 4.74 Å². The molecule has 0 aromatic carbocycles. The van der Waals surface area contributed by atoms with Gasteiger partial charge in [0.05, 0.1) is 23.7 Å². The Hall–Kier alpha value is -1.35. The predicted molar refractivity (Wildman–Crippen MR) is 76.4 cm³/mol. The summed E-state index contributed by atoms with van der Waals surface area (Å²) in [5, 5.41) is 10.5. The van der Waals surface area contributed by atoms with Gasteiger partial charge in [-0.05, 0) is 13.0 Å². The highest BCUT2D eigenvalue weighted by molar-refractivity contribution is 7.10. The largest absolute Gasteiger partial charge is 0.395 e. The summed E-state index contributed by atoms with van der Waals surface area (Å²) in [4.78, 5) is 14.8. The van der Waals surface area contributed by atoms with E-state index in [2.05, 4.69) is 11.8 Å². The first-order valence-electron chi connectivity index (χ1n) is 6.19. The molecular weight excluding hydrogens is 262 g/mol. The second-order valence-electron chi connectivity index (χ2n) is 3.85. The fourth-order valence-corrected chi connectivity index (χ4v) is 2.26. The minimum atomic E-state index is 0.00556. The van der Waals surface area contributed by atoms with Gasteiger partial charge in [-0.1, -0.05) is 11.8 Å². The third kappa shape index (κ3) is 5.03. The molecular formula is C14H19NO3S. The van der Waals surface area contributed by atoms with Gasteiger partial charge in [-0.2, -0.15) is 0 Å².